The molecule has 0 radical (unpaired) electrons. The van der Waals surface area contributed by atoms with E-state index >= 15 is 0 Å². The monoisotopic (exact) mass is 224 g/mol. The highest BCUT2D eigenvalue weighted by Gasteiger charge is 2.12. The van der Waals surface area contributed by atoms with Crippen LogP contribution in [-0.2, 0) is 0 Å². The van der Waals surface area contributed by atoms with Gasteiger partial charge in [0.05, 0.1) is 17.6 Å². The van der Waals surface area contributed by atoms with E-state index in [1.165, 1.54) is 0 Å². The molecule has 0 bridgehead atoms. The van der Waals surface area contributed by atoms with Gasteiger partial charge < -0.3 is 10.3 Å². The molecule has 1 aromatic carbocycles. The van der Waals surface area contributed by atoms with E-state index in [0.29, 0.717) is 11.1 Å². The molecule has 0 atom stereocenters. The second-order valence-electron chi connectivity index (χ2n) is 3.35. The quantitative estimate of drug-likeness (QED) is 0.824. The SMILES string of the molecule is O=C(NCC(F)F)c1cccc2cc[nH]c12. The summed E-state index contributed by atoms with van der Waals surface area (Å²) in [6.07, 6.45) is -0.832. The van der Waals surface area contributed by atoms with Crippen molar-refractivity contribution in [1.29, 1.82) is 0 Å². The first-order valence-electron chi connectivity index (χ1n) is 4.81. The molecule has 1 heterocycles. The van der Waals surface area contributed by atoms with E-state index in [-0.39, 0.29) is 0 Å². The lowest BCUT2D eigenvalue weighted by molar-refractivity contribution is 0.0893. The third kappa shape index (κ3) is 2.03. The minimum atomic E-state index is -2.54. The summed E-state index contributed by atoms with van der Waals surface area (Å²) in [6.45, 7) is -0.629. The van der Waals surface area contributed by atoms with Crippen molar-refractivity contribution in [2.45, 2.75) is 6.43 Å². The van der Waals surface area contributed by atoms with Crippen LogP contribution < -0.4 is 5.32 Å². The fourth-order valence-corrected chi connectivity index (χ4v) is 1.54. The molecule has 0 unspecified atom stereocenters. The fourth-order valence-electron chi connectivity index (χ4n) is 1.54. The maximum Gasteiger partial charge on any atom is 0.255 e. The second kappa shape index (κ2) is 4.30. The lowest BCUT2D eigenvalue weighted by atomic mass is 10.1. The number of halogens is 2. The summed E-state index contributed by atoms with van der Waals surface area (Å²) < 4.78 is 23.9. The summed E-state index contributed by atoms with van der Waals surface area (Å²) in [5.74, 6) is -0.492. The van der Waals surface area contributed by atoms with Crippen LogP contribution >= 0.6 is 0 Å². The van der Waals surface area contributed by atoms with Crippen molar-refractivity contribution in [3.8, 4) is 0 Å². The van der Waals surface area contributed by atoms with Crippen molar-refractivity contribution in [2.24, 2.45) is 0 Å². The molecule has 2 rings (SSSR count). The average molecular weight is 224 g/mol. The number of hydrogen-bond acceptors (Lipinski definition) is 1. The van der Waals surface area contributed by atoms with Gasteiger partial charge in [-0.25, -0.2) is 8.78 Å². The molecule has 0 aliphatic carbocycles. The van der Waals surface area contributed by atoms with Gasteiger partial charge in [0, 0.05) is 11.6 Å². The molecule has 0 aliphatic heterocycles. The Labute approximate surface area is 90.5 Å². The lowest BCUT2D eigenvalue weighted by Gasteiger charge is -2.05. The Morgan fingerprint density at radius 2 is 2.19 bits per heavy atom. The Morgan fingerprint density at radius 3 is 2.94 bits per heavy atom. The molecule has 1 amide bonds. The zero-order chi connectivity index (χ0) is 11.5. The van der Waals surface area contributed by atoms with Crippen molar-refractivity contribution >= 4 is 16.8 Å². The van der Waals surface area contributed by atoms with Crippen molar-refractivity contribution in [3.63, 3.8) is 0 Å². The summed E-state index contributed by atoms with van der Waals surface area (Å²) in [4.78, 5) is 14.5. The number of fused-ring (bicyclic) bond motifs is 1. The van der Waals surface area contributed by atoms with Gasteiger partial charge in [0.2, 0.25) is 0 Å². The zero-order valence-corrected chi connectivity index (χ0v) is 8.34. The van der Waals surface area contributed by atoms with E-state index < -0.39 is 18.9 Å². The third-order valence-corrected chi connectivity index (χ3v) is 2.25. The number of H-pyrrole nitrogens is 1. The van der Waals surface area contributed by atoms with Crippen LogP contribution in [0.25, 0.3) is 10.9 Å². The summed E-state index contributed by atoms with van der Waals surface area (Å²) in [7, 11) is 0. The summed E-state index contributed by atoms with van der Waals surface area (Å²) in [6, 6.07) is 6.97. The normalized spacial score (nSPS) is 10.9. The Kier molecular flexibility index (Phi) is 2.85. The molecule has 0 fully saturated rings. The molecule has 5 heteroatoms. The number of aromatic nitrogens is 1. The molecule has 2 N–H and O–H groups in total. The first-order chi connectivity index (χ1) is 7.68. The van der Waals surface area contributed by atoms with Gasteiger partial charge in [-0.1, -0.05) is 12.1 Å². The average Bonchev–Trinajstić information content (AvgIpc) is 2.73. The molecule has 0 saturated heterocycles. The molecule has 0 aliphatic rings. The number of rotatable bonds is 3. The van der Waals surface area contributed by atoms with E-state index in [2.05, 4.69) is 10.3 Å². The highest BCUT2D eigenvalue weighted by atomic mass is 19.3. The number of carbonyl (C=O) groups excluding carboxylic acids is 1. The summed E-state index contributed by atoms with van der Waals surface area (Å²) in [5.41, 5.74) is 1.04. The largest absolute Gasteiger partial charge is 0.361 e. The Bertz CT molecular complexity index is 507. The molecule has 2 aromatic rings. The van der Waals surface area contributed by atoms with Crippen molar-refractivity contribution in [3.05, 3.63) is 36.0 Å². The topological polar surface area (TPSA) is 44.9 Å². The Morgan fingerprint density at radius 1 is 1.38 bits per heavy atom. The van der Waals surface area contributed by atoms with Crippen LogP contribution in [0.1, 0.15) is 10.4 Å². The van der Waals surface area contributed by atoms with Crippen molar-refractivity contribution in [1.82, 2.24) is 10.3 Å². The standard InChI is InChI=1S/C11H10F2N2O/c12-9(13)6-15-11(16)8-3-1-2-7-4-5-14-10(7)8/h1-5,9,14H,6H2,(H,15,16). The number of hydrogen-bond donors (Lipinski definition) is 2. The number of para-hydroxylation sites is 1. The van der Waals surface area contributed by atoms with E-state index in [4.69, 9.17) is 0 Å². The zero-order valence-electron chi connectivity index (χ0n) is 8.34. The first-order valence-corrected chi connectivity index (χ1v) is 4.81. The first kappa shape index (κ1) is 10.6. The molecule has 1 aromatic heterocycles. The molecule has 16 heavy (non-hydrogen) atoms. The second-order valence-corrected chi connectivity index (χ2v) is 3.35. The minimum Gasteiger partial charge on any atom is -0.361 e. The van der Waals surface area contributed by atoms with Crippen LogP contribution in [0.3, 0.4) is 0 Å². The number of aromatic amines is 1. The highest BCUT2D eigenvalue weighted by Crippen LogP contribution is 2.16. The van der Waals surface area contributed by atoms with E-state index in [1.807, 2.05) is 12.1 Å². The smallest absolute Gasteiger partial charge is 0.255 e. The predicted molar refractivity (Wildman–Crippen MR) is 56.6 cm³/mol. The van der Waals surface area contributed by atoms with E-state index in [0.717, 1.165) is 5.39 Å². The Balaban J connectivity index is 2.25. The van der Waals surface area contributed by atoms with Gasteiger partial charge >= 0.3 is 0 Å². The molecule has 0 saturated carbocycles. The number of amides is 1. The van der Waals surface area contributed by atoms with Crippen LogP contribution in [0, 0.1) is 0 Å². The van der Waals surface area contributed by atoms with Gasteiger partial charge in [-0.3, -0.25) is 4.79 Å². The van der Waals surface area contributed by atoms with E-state index in [1.54, 1.807) is 18.3 Å². The van der Waals surface area contributed by atoms with Gasteiger partial charge in [0.25, 0.3) is 12.3 Å². The van der Waals surface area contributed by atoms with Gasteiger partial charge in [0.15, 0.2) is 0 Å². The van der Waals surface area contributed by atoms with Crippen molar-refractivity contribution < 1.29 is 13.6 Å². The maximum absolute atomic E-state index is 11.9. The fraction of sp³-hybridized carbons (Fsp3) is 0.182. The van der Waals surface area contributed by atoms with Crippen LogP contribution in [0.2, 0.25) is 0 Å². The third-order valence-electron chi connectivity index (χ3n) is 2.25. The lowest BCUT2D eigenvalue weighted by Crippen LogP contribution is -2.28. The van der Waals surface area contributed by atoms with Crippen LogP contribution in [0.4, 0.5) is 8.78 Å². The van der Waals surface area contributed by atoms with Gasteiger partial charge in [-0.15, -0.1) is 0 Å². The predicted octanol–water partition coefficient (Wildman–Crippen LogP) is 2.16. The summed E-state index contributed by atoms with van der Waals surface area (Å²) in [5, 5.41) is 3.05. The van der Waals surface area contributed by atoms with Gasteiger partial charge in [-0.05, 0) is 12.1 Å². The molecule has 0 spiro atoms. The van der Waals surface area contributed by atoms with Gasteiger partial charge in [0.1, 0.15) is 0 Å². The van der Waals surface area contributed by atoms with Crippen LogP contribution in [0.15, 0.2) is 30.5 Å². The number of carbonyl (C=O) groups is 1. The number of benzene rings is 1. The van der Waals surface area contributed by atoms with Crippen molar-refractivity contribution in [2.75, 3.05) is 6.54 Å². The van der Waals surface area contributed by atoms with Crippen LogP contribution in [-0.4, -0.2) is 23.9 Å². The van der Waals surface area contributed by atoms with E-state index in [9.17, 15) is 13.6 Å². The number of nitrogens with one attached hydrogen (secondary N) is 2. The number of alkyl halides is 2. The highest BCUT2D eigenvalue weighted by molar-refractivity contribution is 6.05. The molecular weight excluding hydrogens is 214 g/mol. The molecule has 3 nitrogen and oxygen atoms in total. The van der Waals surface area contributed by atoms with Crippen LogP contribution in [0.5, 0.6) is 0 Å². The summed E-state index contributed by atoms with van der Waals surface area (Å²) >= 11 is 0. The molecule has 84 valence electrons. The Hall–Kier alpha value is -1.91. The molecular formula is C11H10F2N2O. The van der Waals surface area contributed by atoms with Gasteiger partial charge in [-0.2, -0.15) is 0 Å². The minimum absolute atomic E-state index is 0.378. The maximum atomic E-state index is 11.9.